The summed E-state index contributed by atoms with van der Waals surface area (Å²) in [6.45, 7) is 1.23. The molecule has 1 heterocycles. The van der Waals surface area contributed by atoms with Gasteiger partial charge >= 0.3 is 0 Å². The molecule has 68 valence electrons. The third-order valence-electron chi connectivity index (χ3n) is 1.81. The van der Waals surface area contributed by atoms with Gasteiger partial charge in [0, 0.05) is 11.4 Å². The molecule has 0 aliphatic rings. The van der Waals surface area contributed by atoms with E-state index in [2.05, 4.69) is 25.1 Å². The van der Waals surface area contributed by atoms with Crippen LogP contribution in [0.2, 0.25) is 0 Å². The van der Waals surface area contributed by atoms with Crippen molar-refractivity contribution in [1.82, 2.24) is 4.90 Å². The predicted molar refractivity (Wildman–Crippen MR) is 52.5 cm³/mol. The Morgan fingerprint density at radius 3 is 2.83 bits per heavy atom. The smallest absolute Gasteiger partial charge is 0.0777 e. The zero-order valence-corrected chi connectivity index (χ0v) is 8.40. The van der Waals surface area contributed by atoms with Gasteiger partial charge in [0.05, 0.1) is 6.61 Å². The minimum atomic E-state index is 0.181. The molecule has 0 radical (unpaired) electrons. The van der Waals surface area contributed by atoms with Crippen molar-refractivity contribution < 1.29 is 5.11 Å². The van der Waals surface area contributed by atoms with Gasteiger partial charge < -0.3 is 10.0 Å². The molecule has 1 aromatic rings. The number of thiophene rings is 1. The third-order valence-corrected chi connectivity index (χ3v) is 2.76. The van der Waals surface area contributed by atoms with Crippen molar-refractivity contribution in [3.63, 3.8) is 0 Å². The van der Waals surface area contributed by atoms with Crippen LogP contribution in [-0.2, 0) is 13.0 Å². The highest BCUT2D eigenvalue weighted by molar-refractivity contribution is 7.10. The quantitative estimate of drug-likeness (QED) is 0.765. The molecule has 0 unspecified atom stereocenters. The van der Waals surface area contributed by atoms with E-state index in [0.717, 1.165) is 17.8 Å². The van der Waals surface area contributed by atoms with Crippen LogP contribution >= 0.6 is 11.3 Å². The fraction of sp³-hybridized carbons (Fsp3) is 0.556. The van der Waals surface area contributed by atoms with E-state index in [1.165, 1.54) is 5.56 Å². The van der Waals surface area contributed by atoms with Crippen molar-refractivity contribution in [3.05, 3.63) is 21.9 Å². The molecule has 0 atom stereocenters. The SMILES string of the molecule is CN(C)CCc1ccsc1CO. The second kappa shape index (κ2) is 4.60. The van der Waals surface area contributed by atoms with Gasteiger partial charge in [-0.2, -0.15) is 0 Å². The molecule has 0 aromatic carbocycles. The first kappa shape index (κ1) is 9.71. The molecular formula is C9H15NOS. The zero-order valence-electron chi connectivity index (χ0n) is 7.58. The highest BCUT2D eigenvalue weighted by Gasteiger charge is 2.02. The summed E-state index contributed by atoms with van der Waals surface area (Å²) in [6, 6.07) is 2.10. The lowest BCUT2D eigenvalue weighted by molar-refractivity contribution is 0.284. The Bertz CT molecular complexity index is 232. The summed E-state index contributed by atoms with van der Waals surface area (Å²) < 4.78 is 0. The Labute approximate surface area is 77.5 Å². The summed E-state index contributed by atoms with van der Waals surface area (Å²) in [7, 11) is 4.12. The van der Waals surface area contributed by atoms with E-state index >= 15 is 0 Å². The molecule has 1 aromatic heterocycles. The average Bonchev–Trinajstić information content (AvgIpc) is 2.47. The van der Waals surface area contributed by atoms with Gasteiger partial charge in [-0.05, 0) is 37.5 Å². The summed E-state index contributed by atoms with van der Waals surface area (Å²) in [4.78, 5) is 3.26. The minimum absolute atomic E-state index is 0.181. The molecule has 0 saturated heterocycles. The monoisotopic (exact) mass is 185 g/mol. The first-order valence-electron chi connectivity index (χ1n) is 4.05. The minimum Gasteiger partial charge on any atom is -0.391 e. The Kier molecular flexibility index (Phi) is 3.72. The number of likely N-dealkylation sites (N-methyl/N-ethyl adjacent to an activating group) is 1. The van der Waals surface area contributed by atoms with E-state index in [4.69, 9.17) is 5.11 Å². The Morgan fingerprint density at radius 2 is 2.25 bits per heavy atom. The molecule has 0 fully saturated rings. The molecule has 2 nitrogen and oxygen atoms in total. The van der Waals surface area contributed by atoms with Gasteiger partial charge in [-0.15, -0.1) is 11.3 Å². The van der Waals surface area contributed by atoms with Crippen molar-refractivity contribution in [1.29, 1.82) is 0 Å². The summed E-state index contributed by atoms with van der Waals surface area (Å²) in [5.41, 5.74) is 1.29. The van der Waals surface area contributed by atoms with Crippen molar-refractivity contribution >= 4 is 11.3 Å². The largest absolute Gasteiger partial charge is 0.391 e. The lowest BCUT2D eigenvalue weighted by Crippen LogP contribution is -2.15. The third kappa shape index (κ3) is 2.59. The molecule has 0 aliphatic carbocycles. The van der Waals surface area contributed by atoms with Crippen LogP contribution in [0.3, 0.4) is 0 Å². The maximum atomic E-state index is 8.97. The van der Waals surface area contributed by atoms with Crippen LogP contribution in [-0.4, -0.2) is 30.6 Å². The predicted octanol–water partition coefficient (Wildman–Crippen LogP) is 1.34. The number of hydrogen-bond acceptors (Lipinski definition) is 3. The van der Waals surface area contributed by atoms with E-state index in [1.54, 1.807) is 11.3 Å². The number of rotatable bonds is 4. The lowest BCUT2D eigenvalue weighted by atomic mass is 10.2. The van der Waals surface area contributed by atoms with Crippen LogP contribution in [0.4, 0.5) is 0 Å². The topological polar surface area (TPSA) is 23.5 Å². The van der Waals surface area contributed by atoms with E-state index < -0.39 is 0 Å². The highest BCUT2D eigenvalue weighted by Crippen LogP contribution is 2.16. The Hall–Kier alpha value is -0.380. The number of hydrogen-bond donors (Lipinski definition) is 1. The molecular weight excluding hydrogens is 170 g/mol. The molecule has 0 saturated carbocycles. The van der Waals surface area contributed by atoms with Crippen LogP contribution in [0.25, 0.3) is 0 Å². The lowest BCUT2D eigenvalue weighted by Gasteiger charge is -2.08. The van der Waals surface area contributed by atoms with Gasteiger partial charge in [0.1, 0.15) is 0 Å². The van der Waals surface area contributed by atoms with Gasteiger partial charge in [0.2, 0.25) is 0 Å². The Balaban J connectivity index is 2.50. The summed E-state index contributed by atoms with van der Waals surface area (Å²) in [6.07, 6.45) is 1.03. The van der Waals surface area contributed by atoms with Crippen molar-refractivity contribution in [2.24, 2.45) is 0 Å². The number of nitrogens with zero attached hydrogens (tertiary/aromatic N) is 1. The van der Waals surface area contributed by atoms with Crippen molar-refractivity contribution in [3.8, 4) is 0 Å². The van der Waals surface area contributed by atoms with Gasteiger partial charge in [0.25, 0.3) is 0 Å². The fourth-order valence-corrected chi connectivity index (χ4v) is 1.87. The van der Waals surface area contributed by atoms with E-state index in [9.17, 15) is 0 Å². The van der Waals surface area contributed by atoms with Gasteiger partial charge in [-0.3, -0.25) is 0 Å². The Morgan fingerprint density at radius 1 is 1.50 bits per heavy atom. The van der Waals surface area contributed by atoms with Crippen LogP contribution in [0, 0.1) is 0 Å². The molecule has 1 N–H and O–H groups in total. The molecule has 0 spiro atoms. The van der Waals surface area contributed by atoms with Gasteiger partial charge in [-0.1, -0.05) is 0 Å². The van der Waals surface area contributed by atoms with Gasteiger partial charge in [-0.25, -0.2) is 0 Å². The molecule has 3 heteroatoms. The summed E-state index contributed by atoms with van der Waals surface area (Å²) in [5, 5.41) is 11.0. The number of aliphatic hydroxyl groups is 1. The average molecular weight is 185 g/mol. The molecule has 1 rings (SSSR count). The molecule has 0 amide bonds. The zero-order chi connectivity index (χ0) is 8.97. The first-order valence-corrected chi connectivity index (χ1v) is 4.93. The fourth-order valence-electron chi connectivity index (χ4n) is 1.07. The van der Waals surface area contributed by atoms with Crippen LogP contribution in [0.15, 0.2) is 11.4 Å². The van der Waals surface area contributed by atoms with Crippen molar-refractivity contribution in [2.75, 3.05) is 20.6 Å². The summed E-state index contributed by atoms with van der Waals surface area (Å²) >= 11 is 1.63. The normalized spacial score (nSPS) is 11.0. The summed E-state index contributed by atoms with van der Waals surface area (Å²) in [5.74, 6) is 0. The van der Waals surface area contributed by atoms with E-state index in [1.807, 2.05) is 5.38 Å². The standard InChI is InChI=1S/C9H15NOS/c1-10(2)5-3-8-4-6-12-9(8)7-11/h4,6,11H,3,5,7H2,1-2H3. The molecule has 0 bridgehead atoms. The van der Waals surface area contributed by atoms with Gasteiger partial charge in [0.15, 0.2) is 0 Å². The van der Waals surface area contributed by atoms with Crippen molar-refractivity contribution in [2.45, 2.75) is 13.0 Å². The van der Waals surface area contributed by atoms with E-state index in [0.29, 0.717) is 0 Å². The van der Waals surface area contributed by atoms with E-state index in [-0.39, 0.29) is 6.61 Å². The first-order chi connectivity index (χ1) is 5.74. The molecule has 12 heavy (non-hydrogen) atoms. The maximum Gasteiger partial charge on any atom is 0.0777 e. The second-order valence-electron chi connectivity index (χ2n) is 3.08. The van der Waals surface area contributed by atoms with Crippen LogP contribution in [0.5, 0.6) is 0 Å². The second-order valence-corrected chi connectivity index (χ2v) is 4.08. The number of aliphatic hydroxyl groups excluding tert-OH is 1. The highest BCUT2D eigenvalue weighted by atomic mass is 32.1. The maximum absolute atomic E-state index is 8.97. The van der Waals surface area contributed by atoms with Crippen LogP contribution in [0.1, 0.15) is 10.4 Å². The molecule has 0 aliphatic heterocycles. The van der Waals surface area contributed by atoms with Crippen LogP contribution < -0.4 is 0 Å².